The molecule has 5 nitrogen and oxygen atoms in total. The molecule has 0 saturated carbocycles. The van der Waals surface area contributed by atoms with Gasteiger partial charge in [-0.2, -0.15) is 0 Å². The Bertz CT molecular complexity index is 547. The van der Waals surface area contributed by atoms with E-state index < -0.39 is 15.7 Å². The van der Waals surface area contributed by atoms with E-state index in [0.717, 1.165) is 0 Å². The van der Waals surface area contributed by atoms with Gasteiger partial charge in [-0.1, -0.05) is 18.2 Å². The van der Waals surface area contributed by atoms with E-state index in [0.29, 0.717) is 18.0 Å². The van der Waals surface area contributed by atoms with E-state index >= 15 is 0 Å². The highest BCUT2D eigenvalue weighted by atomic mass is 32.2. The van der Waals surface area contributed by atoms with Gasteiger partial charge < -0.3 is 10.2 Å². The molecule has 2 amide bonds. The molecule has 0 bridgehead atoms. The molecule has 1 heterocycles. The third kappa shape index (κ3) is 2.90. The molecule has 1 N–H and O–H groups in total. The highest BCUT2D eigenvalue weighted by molar-refractivity contribution is 7.86. The molecule has 108 valence electrons. The fourth-order valence-corrected chi connectivity index (χ4v) is 3.99. The van der Waals surface area contributed by atoms with E-state index in [9.17, 15) is 13.8 Å². The average molecular weight is 294 g/mol. The van der Waals surface area contributed by atoms with Gasteiger partial charge in [0.2, 0.25) is 11.8 Å². The molecule has 0 radical (unpaired) electrons. The van der Waals surface area contributed by atoms with E-state index in [1.165, 1.54) is 11.8 Å². The molecule has 0 spiro atoms. The Labute approximate surface area is 120 Å². The highest BCUT2D eigenvalue weighted by Crippen LogP contribution is 2.30. The van der Waals surface area contributed by atoms with Crippen LogP contribution >= 0.6 is 0 Å². The van der Waals surface area contributed by atoms with E-state index in [1.807, 2.05) is 18.2 Å². The maximum Gasteiger partial charge on any atom is 0.227 e. The van der Waals surface area contributed by atoms with Crippen molar-refractivity contribution >= 4 is 28.3 Å². The van der Waals surface area contributed by atoms with Crippen molar-refractivity contribution < 1.29 is 13.8 Å². The molecular weight excluding hydrogens is 276 g/mol. The lowest BCUT2D eigenvalue weighted by Crippen LogP contribution is -2.48. The second-order valence-electron chi connectivity index (χ2n) is 4.99. The molecule has 2 atom stereocenters. The Morgan fingerprint density at radius 1 is 1.35 bits per heavy atom. The lowest BCUT2D eigenvalue weighted by molar-refractivity contribution is -0.131. The lowest BCUT2D eigenvalue weighted by atomic mass is 10.1. The minimum Gasteiger partial charge on any atom is -0.326 e. The van der Waals surface area contributed by atoms with Gasteiger partial charge in [-0.3, -0.25) is 13.8 Å². The second-order valence-corrected chi connectivity index (χ2v) is 6.97. The number of hydrogen-bond donors (Lipinski definition) is 1. The Hall–Kier alpha value is -1.69. The third-order valence-electron chi connectivity index (χ3n) is 3.49. The van der Waals surface area contributed by atoms with Crippen molar-refractivity contribution in [3.8, 4) is 0 Å². The van der Waals surface area contributed by atoms with Crippen LogP contribution in [0.15, 0.2) is 30.3 Å². The van der Waals surface area contributed by atoms with Crippen LogP contribution in [0.5, 0.6) is 0 Å². The van der Waals surface area contributed by atoms with Crippen LogP contribution in [0.2, 0.25) is 0 Å². The van der Waals surface area contributed by atoms with Crippen LogP contribution in [0.25, 0.3) is 0 Å². The summed E-state index contributed by atoms with van der Waals surface area (Å²) in [6, 6.07) is 9.09. The molecule has 6 heteroatoms. The monoisotopic (exact) mass is 294 g/mol. The summed E-state index contributed by atoms with van der Waals surface area (Å²) in [7, 11) is -1.21. The summed E-state index contributed by atoms with van der Waals surface area (Å²) in [5.74, 6) is 0.0420. The Kier molecular flexibility index (Phi) is 4.23. The topological polar surface area (TPSA) is 66.5 Å². The number of anilines is 1. The molecule has 1 saturated heterocycles. The normalized spacial score (nSPS) is 25.5. The average Bonchev–Trinajstić information content (AvgIpc) is 2.66. The van der Waals surface area contributed by atoms with E-state index in [-0.39, 0.29) is 18.2 Å². The fraction of sp³-hybridized carbons (Fsp3) is 0.429. The molecule has 1 unspecified atom stereocenters. The number of para-hydroxylation sites is 1. The minimum atomic E-state index is -1.21. The molecule has 1 aliphatic rings. The third-order valence-corrected chi connectivity index (χ3v) is 5.39. The molecule has 20 heavy (non-hydrogen) atoms. The highest BCUT2D eigenvalue weighted by Gasteiger charge is 2.46. The maximum atomic E-state index is 12.1. The van der Waals surface area contributed by atoms with Crippen molar-refractivity contribution in [3.63, 3.8) is 0 Å². The Morgan fingerprint density at radius 2 is 2.00 bits per heavy atom. The standard InChI is InChI=1S/C14H18N2O3S/c1-11(17)16-8-9-20(19)14(16,2)10-13(18)15-12-6-4-3-5-7-12/h3-7H,8-10H2,1-2H3,(H,15,18)/t14-,20?/m0/s1. The van der Waals surface area contributed by atoms with Crippen molar-refractivity contribution in [2.45, 2.75) is 25.1 Å². The number of carbonyl (C=O) groups excluding carboxylic acids is 2. The fourth-order valence-electron chi connectivity index (χ4n) is 2.44. The molecule has 1 aromatic rings. The summed E-state index contributed by atoms with van der Waals surface area (Å²) in [5.41, 5.74) is 0.694. The van der Waals surface area contributed by atoms with Crippen molar-refractivity contribution in [1.82, 2.24) is 4.90 Å². The van der Waals surface area contributed by atoms with Gasteiger partial charge in [-0.25, -0.2) is 0 Å². The van der Waals surface area contributed by atoms with Crippen LogP contribution in [0.1, 0.15) is 20.3 Å². The number of carbonyl (C=O) groups is 2. The SMILES string of the molecule is CC(=O)N1CCS(=O)[C@@]1(C)CC(=O)Nc1ccccc1. The summed E-state index contributed by atoms with van der Waals surface area (Å²) in [4.78, 5) is 24.3. The molecule has 1 aliphatic heterocycles. The van der Waals surface area contributed by atoms with Crippen LogP contribution < -0.4 is 5.32 Å². The van der Waals surface area contributed by atoms with Gasteiger partial charge in [-0.15, -0.1) is 0 Å². The number of nitrogens with zero attached hydrogens (tertiary/aromatic N) is 1. The van der Waals surface area contributed by atoms with Crippen molar-refractivity contribution in [3.05, 3.63) is 30.3 Å². The lowest BCUT2D eigenvalue weighted by Gasteiger charge is -2.32. The summed E-state index contributed by atoms with van der Waals surface area (Å²) in [5, 5.41) is 2.76. The number of nitrogens with one attached hydrogen (secondary N) is 1. The van der Waals surface area contributed by atoms with Crippen LogP contribution in [0.3, 0.4) is 0 Å². The number of benzene rings is 1. The molecule has 2 rings (SSSR count). The van der Waals surface area contributed by atoms with Crippen LogP contribution in [-0.2, 0) is 20.4 Å². The summed E-state index contributed by atoms with van der Waals surface area (Å²) >= 11 is 0. The van der Waals surface area contributed by atoms with Gasteiger partial charge in [0.1, 0.15) is 4.87 Å². The second kappa shape index (κ2) is 5.75. The smallest absolute Gasteiger partial charge is 0.227 e. The Balaban J connectivity index is 2.09. The van der Waals surface area contributed by atoms with Crippen LogP contribution in [0.4, 0.5) is 5.69 Å². The van der Waals surface area contributed by atoms with Crippen molar-refractivity contribution in [2.24, 2.45) is 0 Å². The van der Waals surface area contributed by atoms with E-state index in [4.69, 9.17) is 0 Å². The predicted molar refractivity (Wildman–Crippen MR) is 78.5 cm³/mol. The van der Waals surface area contributed by atoms with Gasteiger partial charge in [0.25, 0.3) is 0 Å². The number of hydrogen-bond acceptors (Lipinski definition) is 3. The van der Waals surface area contributed by atoms with Crippen molar-refractivity contribution in [1.29, 1.82) is 0 Å². The number of amides is 2. The molecular formula is C14H18N2O3S. The van der Waals surface area contributed by atoms with Crippen LogP contribution in [0, 0.1) is 0 Å². The quantitative estimate of drug-likeness (QED) is 0.915. The van der Waals surface area contributed by atoms with Gasteiger partial charge >= 0.3 is 0 Å². The summed E-state index contributed by atoms with van der Waals surface area (Å²) in [6.07, 6.45) is 0.0358. The number of rotatable bonds is 3. The first-order valence-corrected chi connectivity index (χ1v) is 7.77. The largest absolute Gasteiger partial charge is 0.326 e. The van der Waals surface area contributed by atoms with Gasteiger partial charge in [0.05, 0.1) is 6.42 Å². The molecule has 0 aromatic heterocycles. The zero-order chi connectivity index (χ0) is 14.8. The van der Waals surface area contributed by atoms with Crippen LogP contribution in [-0.4, -0.2) is 38.1 Å². The maximum absolute atomic E-state index is 12.1. The molecule has 1 aromatic carbocycles. The van der Waals surface area contributed by atoms with Gasteiger partial charge in [0.15, 0.2) is 0 Å². The minimum absolute atomic E-state index is 0.0358. The first-order valence-electron chi connectivity index (χ1n) is 6.45. The van der Waals surface area contributed by atoms with Gasteiger partial charge in [-0.05, 0) is 19.1 Å². The van der Waals surface area contributed by atoms with Crippen molar-refractivity contribution in [2.75, 3.05) is 17.6 Å². The molecule has 1 fully saturated rings. The summed E-state index contributed by atoms with van der Waals surface area (Å²) in [6.45, 7) is 3.59. The first kappa shape index (κ1) is 14.7. The van der Waals surface area contributed by atoms with E-state index in [1.54, 1.807) is 19.1 Å². The zero-order valence-electron chi connectivity index (χ0n) is 11.6. The summed E-state index contributed by atoms with van der Waals surface area (Å²) < 4.78 is 12.1. The predicted octanol–water partition coefficient (Wildman–Crippen LogP) is 1.34. The van der Waals surface area contributed by atoms with E-state index in [2.05, 4.69) is 5.32 Å². The zero-order valence-corrected chi connectivity index (χ0v) is 12.4. The Morgan fingerprint density at radius 3 is 2.60 bits per heavy atom. The first-order chi connectivity index (χ1) is 9.43. The molecule has 0 aliphatic carbocycles. The van der Waals surface area contributed by atoms with Gasteiger partial charge in [0, 0.05) is 35.7 Å².